The number of hydrogen-bond acceptors (Lipinski definition) is 5. The lowest BCUT2D eigenvalue weighted by Gasteiger charge is -2.30. The highest BCUT2D eigenvalue weighted by Gasteiger charge is 2.30. The molecule has 1 aromatic heterocycles. The van der Waals surface area contributed by atoms with E-state index in [1.165, 1.54) is 15.8 Å². The molecule has 0 bridgehead atoms. The molecule has 0 aliphatic carbocycles. The highest BCUT2D eigenvalue weighted by Crippen LogP contribution is 2.12. The van der Waals surface area contributed by atoms with Crippen molar-refractivity contribution >= 4 is 11.9 Å². The summed E-state index contributed by atoms with van der Waals surface area (Å²) >= 11 is 0. The first-order valence-corrected chi connectivity index (χ1v) is 7.17. The Hall–Kier alpha value is -2.74. The summed E-state index contributed by atoms with van der Waals surface area (Å²) in [7, 11) is 0. The van der Waals surface area contributed by atoms with Gasteiger partial charge in [-0.05, 0) is 19.1 Å². The Bertz CT molecular complexity index is 725. The Morgan fingerprint density at radius 3 is 2.74 bits per heavy atom. The van der Waals surface area contributed by atoms with E-state index in [1.807, 2.05) is 31.2 Å². The van der Waals surface area contributed by atoms with Crippen molar-refractivity contribution in [2.75, 3.05) is 19.7 Å². The number of carbonyl (C=O) groups is 2. The minimum absolute atomic E-state index is 0.00551. The van der Waals surface area contributed by atoms with Crippen LogP contribution >= 0.6 is 0 Å². The third kappa shape index (κ3) is 3.21. The summed E-state index contributed by atoms with van der Waals surface area (Å²) in [5, 5.41) is 16.8. The number of morpholine rings is 1. The number of carbonyl (C=O) groups excluding carboxylic acids is 1. The van der Waals surface area contributed by atoms with Crippen LogP contribution in [0, 0.1) is 6.92 Å². The summed E-state index contributed by atoms with van der Waals surface area (Å²) in [5.41, 5.74) is 2.10. The van der Waals surface area contributed by atoms with Gasteiger partial charge in [0.1, 0.15) is 0 Å². The van der Waals surface area contributed by atoms with Gasteiger partial charge in [0, 0.05) is 6.54 Å². The smallest absolute Gasteiger partial charge is 0.334 e. The number of aliphatic carboxylic acids is 1. The zero-order valence-electron chi connectivity index (χ0n) is 12.5. The molecule has 2 heterocycles. The van der Waals surface area contributed by atoms with E-state index in [0.29, 0.717) is 6.54 Å². The van der Waals surface area contributed by atoms with Gasteiger partial charge in [-0.1, -0.05) is 22.9 Å². The fourth-order valence-electron chi connectivity index (χ4n) is 2.33. The van der Waals surface area contributed by atoms with E-state index in [2.05, 4.69) is 10.3 Å². The Morgan fingerprint density at radius 2 is 2.04 bits per heavy atom. The van der Waals surface area contributed by atoms with Gasteiger partial charge in [0.15, 0.2) is 11.8 Å². The average Bonchev–Trinajstić information content (AvgIpc) is 3.05. The first kappa shape index (κ1) is 15.2. The zero-order valence-corrected chi connectivity index (χ0v) is 12.5. The van der Waals surface area contributed by atoms with Gasteiger partial charge in [0.05, 0.1) is 25.0 Å². The topological polar surface area (TPSA) is 97.5 Å². The molecular weight excluding hydrogens is 300 g/mol. The van der Waals surface area contributed by atoms with E-state index < -0.39 is 12.1 Å². The monoisotopic (exact) mass is 316 g/mol. The van der Waals surface area contributed by atoms with E-state index in [9.17, 15) is 9.59 Å². The highest BCUT2D eigenvalue weighted by atomic mass is 16.5. The SMILES string of the molecule is Cc1ccc(-n2cc(C(=O)N3CCOC(C(=O)O)C3)nn2)cc1. The number of benzene rings is 1. The van der Waals surface area contributed by atoms with Crippen LogP contribution in [-0.2, 0) is 9.53 Å². The Morgan fingerprint density at radius 1 is 1.30 bits per heavy atom. The van der Waals surface area contributed by atoms with Crippen LogP contribution in [0.2, 0.25) is 0 Å². The molecule has 1 atom stereocenters. The van der Waals surface area contributed by atoms with Crippen molar-refractivity contribution in [1.82, 2.24) is 19.9 Å². The molecule has 0 spiro atoms. The van der Waals surface area contributed by atoms with Gasteiger partial charge in [0.25, 0.3) is 5.91 Å². The molecule has 0 radical (unpaired) electrons. The summed E-state index contributed by atoms with van der Waals surface area (Å²) < 4.78 is 6.62. The Kier molecular flexibility index (Phi) is 4.07. The second-order valence-electron chi connectivity index (χ2n) is 5.33. The fraction of sp³-hybridized carbons (Fsp3) is 0.333. The van der Waals surface area contributed by atoms with Crippen molar-refractivity contribution in [3.05, 3.63) is 41.7 Å². The van der Waals surface area contributed by atoms with E-state index in [1.54, 1.807) is 0 Å². The van der Waals surface area contributed by atoms with Crippen molar-refractivity contribution in [3.8, 4) is 5.69 Å². The first-order valence-electron chi connectivity index (χ1n) is 7.17. The minimum atomic E-state index is -1.08. The minimum Gasteiger partial charge on any atom is -0.479 e. The standard InChI is InChI=1S/C15H16N4O4/c1-10-2-4-11(5-3-10)19-8-12(16-17-19)14(20)18-6-7-23-13(9-18)15(21)22/h2-5,8,13H,6-7,9H2,1H3,(H,21,22). The molecule has 1 aliphatic heterocycles. The molecule has 1 amide bonds. The molecule has 1 N–H and O–H groups in total. The van der Waals surface area contributed by atoms with Gasteiger partial charge in [-0.15, -0.1) is 5.10 Å². The predicted octanol–water partition coefficient (Wildman–Crippen LogP) is 0.501. The van der Waals surface area contributed by atoms with Crippen molar-refractivity contribution < 1.29 is 19.4 Å². The van der Waals surface area contributed by atoms with Crippen LogP contribution in [0.5, 0.6) is 0 Å². The quantitative estimate of drug-likeness (QED) is 0.885. The number of ether oxygens (including phenoxy) is 1. The van der Waals surface area contributed by atoms with E-state index in [4.69, 9.17) is 9.84 Å². The van der Waals surface area contributed by atoms with Crippen LogP contribution in [0.25, 0.3) is 5.69 Å². The maximum atomic E-state index is 12.4. The molecule has 0 saturated carbocycles. The van der Waals surface area contributed by atoms with Gasteiger partial charge < -0.3 is 14.7 Å². The van der Waals surface area contributed by atoms with Gasteiger partial charge in [-0.25, -0.2) is 9.48 Å². The van der Waals surface area contributed by atoms with Gasteiger partial charge >= 0.3 is 5.97 Å². The van der Waals surface area contributed by atoms with Crippen LogP contribution in [0.15, 0.2) is 30.5 Å². The molecule has 120 valence electrons. The molecule has 3 rings (SSSR count). The largest absolute Gasteiger partial charge is 0.479 e. The van der Waals surface area contributed by atoms with Crippen LogP contribution in [0.3, 0.4) is 0 Å². The zero-order chi connectivity index (χ0) is 16.4. The maximum absolute atomic E-state index is 12.4. The summed E-state index contributed by atoms with van der Waals surface area (Å²) in [4.78, 5) is 24.8. The third-order valence-electron chi connectivity index (χ3n) is 3.64. The second kappa shape index (κ2) is 6.17. The molecule has 8 nitrogen and oxygen atoms in total. The number of carboxylic acids is 1. The summed E-state index contributed by atoms with van der Waals surface area (Å²) in [6, 6.07) is 7.65. The molecule has 1 unspecified atom stereocenters. The van der Waals surface area contributed by atoms with E-state index >= 15 is 0 Å². The van der Waals surface area contributed by atoms with Crippen molar-refractivity contribution in [3.63, 3.8) is 0 Å². The maximum Gasteiger partial charge on any atom is 0.334 e. The first-order chi connectivity index (χ1) is 11.0. The number of amides is 1. The summed E-state index contributed by atoms with van der Waals surface area (Å²) in [5.74, 6) is -1.43. The van der Waals surface area contributed by atoms with Crippen LogP contribution in [0.4, 0.5) is 0 Å². The molecule has 2 aromatic rings. The lowest BCUT2D eigenvalue weighted by Crippen LogP contribution is -2.48. The highest BCUT2D eigenvalue weighted by molar-refractivity contribution is 5.92. The van der Waals surface area contributed by atoms with Crippen molar-refractivity contribution in [2.45, 2.75) is 13.0 Å². The number of aromatic nitrogens is 3. The second-order valence-corrected chi connectivity index (χ2v) is 5.33. The predicted molar refractivity (Wildman–Crippen MR) is 79.4 cm³/mol. The number of hydrogen-bond donors (Lipinski definition) is 1. The van der Waals surface area contributed by atoms with Crippen molar-refractivity contribution in [2.24, 2.45) is 0 Å². The number of nitrogens with zero attached hydrogens (tertiary/aromatic N) is 4. The van der Waals surface area contributed by atoms with Crippen LogP contribution < -0.4 is 0 Å². The molecule has 23 heavy (non-hydrogen) atoms. The molecule has 1 fully saturated rings. The molecule has 1 saturated heterocycles. The number of carboxylic acid groups (broad SMARTS) is 1. The van der Waals surface area contributed by atoms with Crippen LogP contribution in [-0.4, -0.2) is 62.7 Å². The molecular formula is C15H16N4O4. The Labute approximate surface area is 132 Å². The lowest BCUT2D eigenvalue weighted by atomic mass is 10.2. The summed E-state index contributed by atoms with van der Waals surface area (Å²) in [6.45, 7) is 2.51. The van der Waals surface area contributed by atoms with Gasteiger partial charge in [-0.2, -0.15) is 0 Å². The fourth-order valence-corrected chi connectivity index (χ4v) is 2.33. The number of aryl methyl sites for hydroxylation is 1. The third-order valence-corrected chi connectivity index (χ3v) is 3.64. The summed E-state index contributed by atoms with van der Waals surface area (Å²) in [6.07, 6.45) is 0.540. The van der Waals surface area contributed by atoms with E-state index in [0.717, 1.165) is 11.3 Å². The molecule has 8 heteroatoms. The van der Waals surface area contributed by atoms with E-state index in [-0.39, 0.29) is 24.8 Å². The van der Waals surface area contributed by atoms with Crippen molar-refractivity contribution in [1.29, 1.82) is 0 Å². The normalized spacial score (nSPS) is 18.0. The molecule has 1 aromatic carbocycles. The lowest BCUT2D eigenvalue weighted by molar-refractivity contribution is -0.154. The Balaban J connectivity index is 1.75. The van der Waals surface area contributed by atoms with Crippen LogP contribution in [0.1, 0.15) is 16.1 Å². The number of rotatable bonds is 3. The average molecular weight is 316 g/mol. The van der Waals surface area contributed by atoms with Gasteiger partial charge in [0.2, 0.25) is 0 Å². The molecule has 1 aliphatic rings. The van der Waals surface area contributed by atoms with Gasteiger partial charge in [-0.3, -0.25) is 4.79 Å².